The standard InChI is InChI=1S/C22H48O3Si2/c1-15(2)27(16(3)4,17(5)6)25-14-21(24-10)19(8)22(23)18(7)20(9)26(11,12)13/h15-19,21-23H,9,14H2,1-8,10-13H3/t18-,19-,21+,22+/m1/s1. The SMILES string of the molecule is C=C([C@@H](C)[C@H](O)[C@H](C)[C@H](CO[Si](C(C)C)(C(C)C)C(C)C)OC)[Si](C)(C)C. The van der Waals surface area contributed by atoms with Crippen LogP contribution < -0.4 is 0 Å². The molecule has 27 heavy (non-hydrogen) atoms. The average Bonchev–Trinajstić information content (AvgIpc) is 2.54. The average molecular weight is 417 g/mol. The summed E-state index contributed by atoms with van der Waals surface area (Å²) in [6, 6.07) is 0. The third-order valence-electron chi connectivity index (χ3n) is 6.66. The van der Waals surface area contributed by atoms with Crippen molar-refractivity contribution in [3.05, 3.63) is 11.8 Å². The molecule has 0 heterocycles. The van der Waals surface area contributed by atoms with Gasteiger partial charge in [0.25, 0.3) is 0 Å². The molecule has 0 aliphatic rings. The fraction of sp³-hybridized carbons (Fsp3) is 0.909. The molecule has 0 radical (unpaired) electrons. The van der Waals surface area contributed by atoms with Gasteiger partial charge < -0.3 is 14.3 Å². The van der Waals surface area contributed by atoms with Gasteiger partial charge in [0.1, 0.15) is 0 Å². The number of hydrogen-bond donors (Lipinski definition) is 1. The second-order valence-electron chi connectivity index (χ2n) is 10.3. The summed E-state index contributed by atoms with van der Waals surface area (Å²) in [5, 5.41) is 12.2. The Morgan fingerprint density at radius 3 is 1.59 bits per heavy atom. The van der Waals surface area contributed by atoms with Gasteiger partial charge in [-0.2, -0.15) is 0 Å². The molecule has 162 valence electrons. The van der Waals surface area contributed by atoms with Crippen LogP contribution in [0.3, 0.4) is 0 Å². The zero-order valence-corrected chi connectivity index (χ0v) is 22.2. The Hall–Kier alpha value is 0.0538. The molecule has 3 nitrogen and oxygen atoms in total. The lowest BCUT2D eigenvalue weighted by Gasteiger charge is -2.43. The Labute approximate surface area is 172 Å². The van der Waals surface area contributed by atoms with Crippen LogP contribution in [0.2, 0.25) is 36.3 Å². The lowest BCUT2D eigenvalue weighted by molar-refractivity contribution is -0.0421. The first-order valence-corrected chi connectivity index (χ1v) is 16.3. The van der Waals surface area contributed by atoms with Crippen LogP contribution in [-0.2, 0) is 9.16 Å². The van der Waals surface area contributed by atoms with Crippen LogP contribution in [0.5, 0.6) is 0 Å². The van der Waals surface area contributed by atoms with Crippen LogP contribution in [0.1, 0.15) is 55.4 Å². The van der Waals surface area contributed by atoms with E-state index >= 15 is 0 Å². The maximum atomic E-state index is 11.0. The van der Waals surface area contributed by atoms with E-state index < -0.39 is 22.5 Å². The highest BCUT2D eigenvalue weighted by atomic mass is 28.4. The Bertz CT molecular complexity index is 433. The van der Waals surface area contributed by atoms with E-state index in [1.54, 1.807) is 7.11 Å². The number of aliphatic hydroxyl groups is 1. The first-order chi connectivity index (χ1) is 12.1. The van der Waals surface area contributed by atoms with E-state index in [2.05, 4.69) is 81.6 Å². The lowest BCUT2D eigenvalue weighted by atomic mass is 9.89. The topological polar surface area (TPSA) is 38.7 Å². The lowest BCUT2D eigenvalue weighted by Crippen LogP contribution is -2.50. The molecule has 0 saturated carbocycles. The highest BCUT2D eigenvalue weighted by Gasteiger charge is 2.46. The number of methoxy groups -OCH3 is 1. The molecule has 5 heteroatoms. The van der Waals surface area contributed by atoms with Crippen molar-refractivity contribution < 1.29 is 14.3 Å². The molecule has 0 aromatic carbocycles. The molecule has 0 bridgehead atoms. The van der Waals surface area contributed by atoms with Crippen molar-refractivity contribution in [1.82, 2.24) is 0 Å². The van der Waals surface area contributed by atoms with Crippen molar-refractivity contribution in [2.24, 2.45) is 11.8 Å². The van der Waals surface area contributed by atoms with Crippen molar-refractivity contribution in [3.8, 4) is 0 Å². The Balaban J connectivity index is 5.34. The molecule has 0 fully saturated rings. The molecular formula is C22H48O3Si2. The second kappa shape index (κ2) is 10.7. The maximum Gasteiger partial charge on any atom is 0.200 e. The Kier molecular flexibility index (Phi) is 10.7. The predicted octanol–water partition coefficient (Wildman–Crippen LogP) is 6.26. The summed E-state index contributed by atoms with van der Waals surface area (Å²) < 4.78 is 12.5. The molecule has 4 atom stereocenters. The van der Waals surface area contributed by atoms with Gasteiger partial charge in [0.15, 0.2) is 8.32 Å². The zero-order chi connectivity index (χ0) is 21.7. The van der Waals surface area contributed by atoms with Crippen molar-refractivity contribution in [1.29, 1.82) is 0 Å². The van der Waals surface area contributed by atoms with Gasteiger partial charge >= 0.3 is 0 Å². The second-order valence-corrected chi connectivity index (χ2v) is 20.9. The zero-order valence-electron chi connectivity index (χ0n) is 20.2. The third-order valence-corrected chi connectivity index (χ3v) is 15.1. The highest BCUT2D eigenvalue weighted by Crippen LogP contribution is 2.42. The normalized spacial score (nSPS) is 18.1. The molecule has 0 aliphatic carbocycles. The molecule has 1 N–H and O–H groups in total. The quantitative estimate of drug-likeness (QED) is 0.381. The molecule has 0 unspecified atom stereocenters. The van der Waals surface area contributed by atoms with Crippen molar-refractivity contribution in [2.45, 2.75) is 104 Å². The highest BCUT2D eigenvalue weighted by molar-refractivity contribution is 6.83. The minimum atomic E-state index is -1.94. The molecule has 0 saturated heterocycles. The minimum absolute atomic E-state index is 0.00344. The van der Waals surface area contributed by atoms with Crippen LogP contribution >= 0.6 is 0 Å². The Morgan fingerprint density at radius 2 is 1.30 bits per heavy atom. The van der Waals surface area contributed by atoms with Gasteiger partial charge in [0.2, 0.25) is 0 Å². The summed E-state index contributed by atoms with van der Waals surface area (Å²) in [7, 11) is -1.69. The van der Waals surface area contributed by atoms with Gasteiger partial charge in [-0.25, -0.2) is 0 Å². The number of rotatable bonds is 12. The van der Waals surface area contributed by atoms with Crippen LogP contribution in [0, 0.1) is 11.8 Å². The van der Waals surface area contributed by atoms with E-state index in [-0.39, 0.29) is 17.9 Å². The van der Waals surface area contributed by atoms with Crippen LogP contribution in [0.25, 0.3) is 0 Å². The molecule has 0 aromatic heterocycles. The van der Waals surface area contributed by atoms with E-state index in [1.807, 2.05) is 0 Å². The number of hydrogen-bond acceptors (Lipinski definition) is 3. The molecule has 0 rings (SSSR count). The summed E-state index contributed by atoms with van der Waals surface area (Å²) in [4.78, 5) is 0. The molecule has 0 aliphatic heterocycles. The van der Waals surface area contributed by atoms with Gasteiger partial charge in [-0.1, -0.05) is 80.2 Å². The first-order valence-electron chi connectivity index (χ1n) is 10.7. The van der Waals surface area contributed by atoms with E-state index in [4.69, 9.17) is 9.16 Å². The van der Waals surface area contributed by atoms with Gasteiger partial charge in [0.05, 0.1) is 26.9 Å². The number of ether oxygens (including phenoxy) is 1. The maximum absolute atomic E-state index is 11.0. The fourth-order valence-electron chi connectivity index (χ4n) is 4.73. The van der Waals surface area contributed by atoms with E-state index in [1.165, 1.54) is 5.20 Å². The molecular weight excluding hydrogens is 368 g/mol. The molecule has 0 aromatic rings. The van der Waals surface area contributed by atoms with Gasteiger partial charge in [-0.3, -0.25) is 0 Å². The van der Waals surface area contributed by atoms with Crippen molar-refractivity contribution in [2.75, 3.05) is 13.7 Å². The molecule has 0 amide bonds. The smallest absolute Gasteiger partial charge is 0.200 e. The summed E-state index contributed by atoms with van der Waals surface area (Å²) >= 11 is 0. The van der Waals surface area contributed by atoms with Crippen LogP contribution in [-0.4, -0.2) is 47.4 Å². The molecule has 0 spiro atoms. The van der Waals surface area contributed by atoms with Gasteiger partial charge in [0, 0.05) is 13.0 Å². The van der Waals surface area contributed by atoms with E-state index in [0.29, 0.717) is 23.2 Å². The first kappa shape index (κ1) is 27.1. The van der Waals surface area contributed by atoms with Crippen LogP contribution in [0.15, 0.2) is 11.8 Å². The third kappa shape index (κ3) is 6.53. The van der Waals surface area contributed by atoms with Gasteiger partial charge in [-0.15, -0.1) is 6.58 Å². The van der Waals surface area contributed by atoms with Crippen molar-refractivity contribution in [3.63, 3.8) is 0 Å². The summed E-state index contributed by atoms with van der Waals surface area (Å²) in [6.07, 6.45) is -0.578. The summed E-state index contributed by atoms with van der Waals surface area (Å²) in [5.41, 5.74) is 1.63. The summed E-state index contributed by atoms with van der Waals surface area (Å²) in [6.45, 7) is 29.7. The largest absolute Gasteiger partial charge is 0.413 e. The fourth-order valence-corrected chi connectivity index (χ4v) is 11.7. The monoisotopic (exact) mass is 416 g/mol. The predicted molar refractivity (Wildman–Crippen MR) is 125 cm³/mol. The van der Waals surface area contributed by atoms with Crippen LogP contribution in [0.4, 0.5) is 0 Å². The minimum Gasteiger partial charge on any atom is -0.413 e. The summed E-state index contributed by atoms with van der Waals surface area (Å²) in [5.74, 6) is 0.0721. The van der Waals surface area contributed by atoms with E-state index in [9.17, 15) is 5.11 Å². The van der Waals surface area contributed by atoms with E-state index in [0.717, 1.165) is 0 Å². The Morgan fingerprint density at radius 1 is 0.889 bits per heavy atom. The van der Waals surface area contributed by atoms with Crippen molar-refractivity contribution >= 4 is 16.4 Å². The van der Waals surface area contributed by atoms with Gasteiger partial charge in [-0.05, 0) is 22.5 Å². The number of aliphatic hydroxyl groups excluding tert-OH is 1.